The summed E-state index contributed by atoms with van der Waals surface area (Å²) in [6, 6.07) is 5.02. The number of hydroxylamine groups is 1. The summed E-state index contributed by atoms with van der Waals surface area (Å²) in [6.07, 6.45) is 3.35. The van der Waals surface area contributed by atoms with E-state index >= 15 is 0 Å². The third-order valence-electron chi connectivity index (χ3n) is 5.22. The van der Waals surface area contributed by atoms with Crippen LogP contribution in [0.25, 0.3) is 0 Å². The second-order valence-electron chi connectivity index (χ2n) is 6.78. The lowest BCUT2D eigenvalue weighted by Gasteiger charge is -2.22. The number of carbonyl (C=O) groups excluding carboxylic acids is 1. The topological polar surface area (TPSA) is 79.0 Å². The van der Waals surface area contributed by atoms with E-state index < -0.39 is 5.91 Å². The fraction of sp³-hybridized carbons (Fsp3) is 0.579. The minimum absolute atomic E-state index is 0.330. The third kappa shape index (κ3) is 4.74. The lowest BCUT2D eigenvalue weighted by atomic mass is 10.0. The Bertz CT molecular complexity index is 631. The van der Waals surface area contributed by atoms with Crippen molar-refractivity contribution in [3.05, 3.63) is 23.8 Å². The zero-order valence-corrected chi connectivity index (χ0v) is 15.8. The highest BCUT2D eigenvalue weighted by molar-refractivity contribution is 6.01. The normalized spacial score (nSPS) is 16.9. The van der Waals surface area contributed by atoms with Gasteiger partial charge in [-0.15, -0.1) is 0 Å². The maximum atomic E-state index is 12.0. The van der Waals surface area contributed by atoms with Gasteiger partial charge in [0.15, 0.2) is 6.72 Å². The van der Waals surface area contributed by atoms with Gasteiger partial charge in [-0.05, 0) is 50.9 Å². The fourth-order valence-electron chi connectivity index (χ4n) is 3.73. The first-order chi connectivity index (χ1) is 12.5. The van der Waals surface area contributed by atoms with Crippen LogP contribution >= 0.6 is 0 Å². The smallest absolute Gasteiger partial charge is 0.280 e. The fourth-order valence-corrected chi connectivity index (χ4v) is 3.73. The molecule has 2 rings (SSSR count). The molecule has 1 saturated heterocycles. The number of anilines is 1. The highest BCUT2D eigenvalue weighted by Crippen LogP contribution is 2.36. The van der Waals surface area contributed by atoms with Crippen LogP contribution in [0.2, 0.25) is 0 Å². The Labute approximate surface area is 155 Å². The Kier molecular flexibility index (Phi) is 7.41. The van der Waals surface area contributed by atoms with Gasteiger partial charge in [0.1, 0.15) is 5.69 Å². The molecule has 7 heteroatoms. The predicted molar refractivity (Wildman–Crippen MR) is 102 cm³/mol. The van der Waals surface area contributed by atoms with E-state index in [4.69, 9.17) is 5.21 Å². The number of nitrogens with zero attached hydrogens (tertiary/aromatic N) is 3. The molecule has 0 spiro atoms. The van der Waals surface area contributed by atoms with Crippen LogP contribution in [0.15, 0.2) is 18.2 Å². The molecule has 1 aliphatic rings. The molecular formula is C19H31N4O3+. The second kappa shape index (κ2) is 9.54. The third-order valence-corrected chi connectivity index (χ3v) is 5.22. The molecule has 0 saturated carbocycles. The zero-order chi connectivity index (χ0) is 19.1. The van der Waals surface area contributed by atoms with Crippen molar-refractivity contribution in [2.75, 3.05) is 37.6 Å². The van der Waals surface area contributed by atoms with Gasteiger partial charge in [-0.3, -0.25) is 15.2 Å². The van der Waals surface area contributed by atoms with Crippen LogP contribution in [0.3, 0.4) is 0 Å². The Morgan fingerprint density at radius 1 is 1.42 bits per heavy atom. The van der Waals surface area contributed by atoms with Crippen molar-refractivity contribution in [2.24, 2.45) is 5.92 Å². The van der Waals surface area contributed by atoms with Gasteiger partial charge >= 0.3 is 0 Å². The first kappa shape index (κ1) is 20.2. The molecule has 1 aliphatic heterocycles. The molecule has 1 amide bonds. The average Bonchev–Trinajstić information content (AvgIpc) is 3.12. The molecule has 0 radical (unpaired) electrons. The molecular weight excluding hydrogens is 332 g/mol. The van der Waals surface area contributed by atoms with Crippen molar-refractivity contribution >= 4 is 24.0 Å². The van der Waals surface area contributed by atoms with Crippen LogP contribution in [-0.4, -0.2) is 65.4 Å². The summed E-state index contributed by atoms with van der Waals surface area (Å²) in [5, 5.41) is 18.9. The van der Waals surface area contributed by atoms with Gasteiger partial charge < -0.3 is 9.80 Å². The Morgan fingerprint density at radius 2 is 2.15 bits per heavy atom. The molecule has 0 aliphatic carbocycles. The first-order valence-electron chi connectivity index (χ1n) is 9.36. The summed E-state index contributed by atoms with van der Waals surface area (Å²) in [6.45, 7) is 12.8. The molecule has 1 unspecified atom stereocenters. The lowest BCUT2D eigenvalue weighted by Crippen LogP contribution is -2.27. The first-order valence-corrected chi connectivity index (χ1v) is 9.36. The lowest BCUT2D eigenvalue weighted by molar-refractivity contribution is -0.706. The van der Waals surface area contributed by atoms with Crippen molar-refractivity contribution in [3.8, 4) is 0 Å². The van der Waals surface area contributed by atoms with E-state index in [2.05, 4.69) is 30.4 Å². The number of rotatable bonds is 9. The van der Waals surface area contributed by atoms with E-state index in [-0.39, 0.29) is 0 Å². The van der Waals surface area contributed by atoms with Crippen LogP contribution in [0.1, 0.15) is 43.5 Å². The number of para-hydroxylation sites is 1. The number of hydrogen-bond donors (Lipinski definition) is 3. The second-order valence-corrected chi connectivity index (χ2v) is 6.78. The van der Waals surface area contributed by atoms with Gasteiger partial charge in [0.05, 0.1) is 5.56 Å². The summed E-state index contributed by atoms with van der Waals surface area (Å²) >= 11 is 0. The molecule has 1 aromatic carbocycles. The van der Waals surface area contributed by atoms with Crippen molar-refractivity contribution in [1.29, 1.82) is 0 Å². The molecule has 3 N–H and O–H groups in total. The average molecular weight is 363 g/mol. The van der Waals surface area contributed by atoms with Gasteiger partial charge in [-0.25, -0.2) is 5.48 Å². The van der Waals surface area contributed by atoms with E-state index in [1.165, 1.54) is 0 Å². The van der Waals surface area contributed by atoms with Crippen LogP contribution in [0.5, 0.6) is 0 Å². The molecule has 26 heavy (non-hydrogen) atoms. The number of amides is 1. The monoisotopic (exact) mass is 363 g/mol. The van der Waals surface area contributed by atoms with Crippen LogP contribution in [0.4, 0.5) is 11.4 Å². The number of carbonyl (C=O) groups is 1. The van der Waals surface area contributed by atoms with Gasteiger partial charge in [-0.2, -0.15) is 0 Å². The Morgan fingerprint density at radius 3 is 2.77 bits per heavy atom. The molecule has 7 nitrogen and oxygen atoms in total. The van der Waals surface area contributed by atoms with Crippen molar-refractivity contribution in [2.45, 2.75) is 33.1 Å². The SMILES string of the molecule is C=[N+](O)c1cccc(C(=O)NO)c1N1CCC(CCCN(CC)CC)C1. The summed E-state index contributed by atoms with van der Waals surface area (Å²) in [7, 11) is 0. The molecule has 1 aromatic rings. The molecule has 0 aromatic heterocycles. The number of hydrogen-bond acceptors (Lipinski definition) is 5. The van der Waals surface area contributed by atoms with Gasteiger partial charge in [0.25, 0.3) is 11.6 Å². The molecule has 1 heterocycles. The van der Waals surface area contributed by atoms with Gasteiger partial charge in [0, 0.05) is 23.9 Å². The van der Waals surface area contributed by atoms with E-state index in [0.717, 1.165) is 56.7 Å². The minimum atomic E-state index is -0.589. The number of nitrogens with one attached hydrogen (secondary N) is 1. The van der Waals surface area contributed by atoms with Gasteiger partial charge in [-0.1, -0.05) is 19.9 Å². The summed E-state index contributed by atoms with van der Waals surface area (Å²) < 4.78 is 0.775. The quantitative estimate of drug-likeness (QED) is 0.207. The summed E-state index contributed by atoms with van der Waals surface area (Å²) in [5.74, 6) is -0.0331. The van der Waals surface area contributed by atoms with Crippen molar-refractivity contribution in [3.63, 3.8) is 0 Å². The van der Waals surface area contributed by atoms with Crippen LogP contribution < -0.4 is 10.4 Å². The maximum Gasteiger partial charge on any atom is 0.280 e. The maximum absolute atomic E-state index is 12.0. The number of benzene rings is 1. The largest absolute Gasteiger partial charge is 0.365 e. The molecule has 1 fully saturated rings. The molecule has 1 atom stereocenters. The Hall–Kier alpha value is -2.12. The van der Waals surface area contributed by atoms with Crippen molar-refractivity contribution < 1.29 is 19.9 Å². The van der Waals surface area contributed by atoms with E-state index in [1.54, 1.807) is 23.7 Å². The standard InChI is InChI=1S/C19H30N4O3/c1-4-22(5-2)12-7-8-15-11-13-23(14-15)18-16(19(24)20-25)9-6-10-17(18)21(3)26/h6,9-10,15H,3-5,7-8,11-14H2,1-2H3,(H2-,20,24,25,26)/p+1. The van der Waals surface area contributed by atoms with Crippen LogP contribution in [0, 0.1) is 5.92 Å². The Balaban J connectivity index is 2.09. The molecule has 0 bridgehead atoms. The minimum Gasteiger partial charge on any atom is -0.365 e. The highest BCUT2D eigenvalue weighted by Gasteiger charge is 2.31. The van der Waals surface area contributed by atoms with Gasteiger partial charge in [0.2, 0.25) is 0 Å². The molecule has 144 valence electrons. The van der Waals surface area contributed by atoms with E-state index in [9.17, 15) is 10.0 Å². The van der Waals surface area contributed by atoms with Crippen molar-refractivity contribution in [1.82, 2.24) is 10.4 Å². The van der Waals surface area contributed by atoms with Crippen LogP contribution in [-0.2, 0) is 0 Å². The van der Waals surface area contributed by atoms with E-state index in [0.29, 0.717) is 22.9 Å². The summed E-state index contributed by atoms with van der Waals surface area (Å²) in [5.41, 5.74) is 3.09. The predicted octanol–water partition coefficient (Wildman–Crippen LogP) is 2.49. The van der Waals surface area contributed by atoms with E-state index in [1.807, 2.05) is 0 Å². The summed E-state index contributed by atoms with van der Waals surface area (Å²) in [4.78, 5) is 16.6. The highest BCUT2D eigenvalue weighted by atomic mass is 16.5. The zero-order valence-electron chi connectivity index (χ0n) is 15.8.